The van der Waals surface area contributed by atoms with E-state index < -0.39 is 0 Å². The minimum atomic E-state index is -0.289. The molecule has 5 nitrogen and oxygen atoms in total. The van der Waals surface area contributed by atoms with Gasteiger partial charge in [-0.2, -0.15) is 0 Å². The lowest BCUT2D eigenvalue weighted by Crippen LogP contribution is -2.17. The van der Waals surface area contributed by atoms with Crippen LogP contribution >= 0.6 is 22.9 Å². The number of nitrogens with one attached hydrogen (secondary N) is 1. The van der Waals surface area contributed by atoms with Crippen molar-refractivity contribution in [1.29, 1.82) is 0 Å². The van der Waals surface area contributed by atoms with Crippen LogP contribution in [0.2, 0.25) is 4.47 Å². The van der Waals surface area contributed by atoms with Crippen LogP contribution in [0.15, 0.2) is 24.3 Å². The van der Waals surface area contributed by atoms with E-state index in [1.54, 1.807) is 0 Å². The monoisotopic (exact) mass is 308 g/mol. The standard InChI is InChI=1S/C13H13ClN4OS/c14-13-17-16-12(20-13)11(19)15-9-3-5-10(6-4-9)18-7-1-2-8-18/h3-6H,1-2,7-8H2,(H,15,19). The van der Waals surface area contributed by atoms with Crippen molar-refractivity contribution in [3.8, 4) is 0 Å². The zero-order valence-corrected chi connectivity index (χ0v) is 12.2. The van der Waals surface area contributed by atoms with Gasteiger partial charge in [0.15, 0.2) is 0 Å². The van der Waals surface area contributed by atoms with Crippen molar-refractivity contribution in [3.63, 3.8) is 0 Å². The smallest absolute Gasteiger partial charge is 0.286 e. The molecule has 1 aliphatic heterocycles. The Bertz CT molecular complexity index is 607. The number of aromatic nitrogens is 2. The number of carbonyl (C=O) groups excluding carboxylic acids is 1. The molecule has 0 spiro atoms. The van der Waals surface area contributed by atoms with Crippen LogP contribution < -0.4 is 10.2 Å². The highest BCUT2D eigenvalue weighted by atomic mass is 35.5. The molecule has 1 aliphatic rings. The number of amides is 1. The number of benzene rings is 1. The summed E-state index contributed by atoms with van der Waals surface area (Å²) >= 11 is 6.72. The summed E-state index contributed by atoms with van der Waals surface area (Å²) < 4.78 is 0.263. The molecule has 3 rings (SSSR count). The van der Waals surface area contributed by atoms with Crippen LogP contribution in [-0.4, -0.2) is 29.2 Å². The van der Waals surface area contributed by atoms with Gasteiger partial charge in [0.1, 0.15) is 0 Å². The summed E-state index contributed by atoms with van der Waals surface area (Å²) in [5, 5.41) is 10.4. The number of nitrogens with zero attached hydrogens (tertiary/aromatic N) is 3. The lowest BCUT2D eigenvalue weighted by Gasteiger charge is -2.17. The Morgan fingerprint density at radius 2 is 1.90 bits per heavy atom. The van der Waals surface area contributed by atoms with Crippen molar-refractivity contribution in [2.24, 2.45) is 0 Å². The molecule has 0 unspecified atom stereocenters. The van der Waals surface area contributed by atoms with Crippen molar-refractivity contribution in [1.82, 2.24) is 10.2 Å². The van der Waals surface area contributed by atoms with Crippen molar-refractivity contribution in [2.75, 3.05) is 23.3 Å². The van der Waals surface area contributed by atoms with Gasteiger partial charge in [0.05, 0.1) is 0 Å². The fourth-order valence-electron chi connectivity index (χ4n) is 2.21. The molecule has 0 atom stereocenters. The van der Waals surface area contributed by atoms with Crippen molar-refractivity contribution >= 4 is 40.2 Å². The van der Waals surface area contributed by atoms with E-state index >= 15 is 0 Å². The van der Waals surface area contributed by atoms with Gasteiger partial charge in [-0.1, -0.05) is 11.3 Å². The number of rotatable bonds is 3. The third-order valence-electron chi connectivity index (χ3n) is 3.19. The summed E-state index contributed by atoms with van der Waals surface area (Å²) in [5.41, 5.74) is 1.93. The lowest BCUT2D eigenvalue weighted by molar-refractivity contribution is 0.102. The molecule has 1 aromatic carbocycles. The maximum atomic E-state index is 11.9. The van der Waals surface area contributed by atoms with E-state index in [0.29, 0.717) is 0 Å². The molecule has 0 radical (unpaired) electrons. The van der Waals surface area contributed by atoms with Crippen LogP contribution in [0, 0.1) is 0 Å². The first kappa shape index (κ1) is 13.3. The van der Waals surface area contributed by atoms with Crippen LogP contribution in [-0.2, 0) is 0 Å². The van der Waals surface area contributed by atoms with E-state index in [-0.39, 0.29) is 15.4 Å². The summed E-state index contributed by atoms with van der Waals surface area (Å²) in [6, 6.07) is 7.84. The van der Waals surface area contributed by atoms with Gasteiger partial charge in [-0.3, -0.25) is 4.79 Å². The first-order chi connectivity index (χ1) is 9.72. The average Bonchev–Trinajstić information content (AvgIpc) is 3.10. The zero-order chi connectivity index (χ0) is 13.9. The van der Waals surface area contributed by atoms with Crippen molar-refractivity contribution in [2.45, 2.75) is 12.8 Å². The number of carbonyl (C=O) groups is 1. The molecule has 1 fully saturated rings. The molecule has 2 aromatic rings. The Balaban J connectivity index is 1.67. The van der Waals surface area contributed by atoms with E-state index in [4.69, 9.17) is 11.6 Å². The predicted octanol–water partition coefficient (Wildman–Crippen LogP) is 3.04. The van der Waals surface area contributed by atoms with Gasteiger partial charge in [-0.05, 0) is 48.7 Å². The minimum Gasteiger partial charge on any atom is -0.372 e. The number of hydrogen-bond acceptors (Lipinski definition) is 5. The third kappa shape index (κ3) is 2.91. The fourth-order valence-corrected chi connectivity index (χ4v) is 2.94. The molecule has 0 bridgehead atoms. The summed E-state index contributed by atoms with van der Waals surface area (Å²) in [4.78, 5) is 14.2. The molecule has 20 heavy (non-hydrogen) atoms. The molecular weight excluding hydrogens is 296 g/mol. The van der Waals surface area contributed by atoms with Crippen LogP contribution in [0.4, 0.5) is 11.4 Å². The van der Waals surface area contributed by atoms with E-state index in [9.17, 15) is 4.79 Å². The van der Waals surface area contributed by atoms with Gasteiger partial charge in [-0.15, -0.1) is 10.2 Å². The first-order valence-electron chi connectivity index (χ1n) is 6.38. The van der Waals surface area contributed by atoms with E-state index in [1.165, 1.54) is 18.5 Å². The number of halogens is 1. The molecule has 7 heteroatoms. The summed E-state index contributed by atoms with van der Waals surface area (Å²) in [6.45, 7) is 2.21. The molecule has 0 aliphatic carbocycles. The Hall–Kier alpha value is -1.66. The topological polar surface area (TPSA) is 58.1 Å². The van der Waals surface area contributed by atoms with Crippen molar-refractivity contribution in [3.05, 3.63) is 33.7 Å². The van der Waals surface area contributed by atoms with Gasteiger partial charge < -0.3 is 10.2 Å². The minimum absolute atomic E-state index is 0.263. The molecule has 0 saturated carbocycles. The quantitative estimate of drug-likeness (QED) is 0.947. The molecule has 1 amide bonds. The van der Waals surface area contributed by atoms with E-state index in [1.807, 2.05) is 24.3 Å². The second kappa shape index (κ2) is 5.76. The molecule has 2 heterocycles. The van der Waals surface area contributed by atoms with Crippen LogP contribution in [0.25, 0.3) is 0 Å². The van der Waals surface area contributed by atoms with Gasteiger partial charge in [-0.25, -0.2) is 0 Å². The van der Waals surface area contributed by atoms with Gasteiger partial charge >= 0.3 is 0 Å². The highest BCUT2D eigenvalue weighted by Gasteiger charge is 2.14. The zero-order valence-electron chi connectivity index (χ0n) is 10.7. The third-order valence-corrected chi connectivity index (χ3v) is 4.21. The Labute approximate surface area is 125 Å². The molecule has 1 aromatic heterocycles. The average molecular weight is 309 g/mol. The summed E-state index contributed by atoms with van der Waals surface area (Å²) in [7, 11) is 0. The Morgan fingerprint density at radius 3 is 2.50 bits per heavy atom. The maximum Gasteiger partial charge on any atom is 0.286 e. The van der Waals surface area contributed by atoms with Crippen molar-refractivity contribution < 1.29 is 4.79 Å². The Kier molecular flexibility index (Phi) is 3.84. The van der Waals surface area contributed by atoms with Crippen LogP contribution in [0.3, 0.4) is 0 Å². The second-order valence-corrected chi connectivity index (χ2v) is 6.11. The van der Waals surface area contributed by atoms with Crippen LogP contribution in [0.1, 0.15) is 22.6 Å². The van der Waals surface area contributed by atoms with Gasteiger partial charge in [0, 0.05) is 24.5 Å². The molecule has 104 valence electrons. The maximum absolute atomic E-state index is 11.9. The van der Waals surface area contributed by atoms with Crippen LogP contribution in [0.5, 0.6) is 0 Å². The SMILES string of the molecule is O=C(Nc1ccc(N2CCCC2)cc1)c1nnc(Cl)s1. The Morgan fingerprint density at radius 1 is 1.20 bits per heavy atom. The number of anilines is 2. The fraction of sp³-hybridized carbons (Fsp3) is 0.308. The van der Waals surface area contributed by atoms with Gasteiger partial charge in [0.2, 0.25) is 9.47 Å². The molecule has 1 saturated heterocycles. The normalized spacial score (nSPS) is 14.6. The summed E-state index contributed by atoms with van der Waals surface area (Å²) in [6.07, 6.45) is 2.49. The van der Waals surface area contributed by atoms with E-state index in [2.05, 4.69) is 20.4 Å². The lowest BCUT2D eigenvalue weighted by atomic mass is 10.2. The second-order valence-electron chi connectivity index (χ2n) is 4.56. The highest BCUT2D eigenvalue weighted by Crippen LogP contribution is 2.22. The molecule has 1 N–H and O–H groups in total. The van der Waals surface area contributed by atoms with E-state index in [0.717, 1.165) is 30.1 Å². The molecular formula is C13H13ClN4OS. The largest absolute Gasteiger partial charge is 0.372 e. The van der Waals surface area contributed by atoms with Gasteiger partial charge in [0.25, 0.3) is 5.91 Å². The highest BCUT2D eigenvalue weighted by molar-refractivity contribution is 7.17. The summed E-state index contributed by atoms with van der Waals surface area (Å²) in [5.74, 6) is -0.289. The predicted molar refractivity (Wildman–Crippen MR) is 80.8 cm³/mol. The number of hydrogen-bond donors (Lipinski definition) is 1. The first-order valence-corrected chi connectivity index (χ1v) is 7.57.